The number of benzene rings is 1. The van der Waals surface area contributed by atoms with Gasteiger partial charge in [-0.25, -0.2) is 0 Å². The molecule has 2 rings (SSSR count). The molecule has 1 aromatic carbocycles. The molecule has 0 saturated heterocycles. The first-order valence-corrected chi connectivity index (χ1v) is 8.99. The molecule has 0 fully saturated rings. The predicted molar refractivity (Wildman–Crippen MR) is 93.1 cm³/mol. The summed E-state index contributed by atoms with van der Waals surface area (Å²) in [6.45, 7) is 5.88. The molecule has 0 spiro atoms. The molecule has 1 heterocycles. The Morgan fingerprint density at radius 3 is 2.52 bits per heavy atom. The Morgan fingerprint density at radius 2 is 1.96 bits per heavy atom. The molecule has 0 saturated carbocycles. The van der Waals surface area contributed by atoms with Gasteiger partial charge in [-0.15, -0.1) is 10.2 Å². The number of carbonyl (C=O) groups excluding carboxylic acids is 2. The molecule has 5 nitrogen and oxygen atoms in total. The number of rotatable bonds is 7. The van der Waals surface area contributed by atoms with Crippen molar-refractivity contribution in [3.8, 4) is 0 Å². The van der Waals surface area contributed by atoms with Gasteiger partial charge in [0.2, 0.25) is 5.91 Å². The number of ketones is 1. The molecule has 23 heavy (non-hydrogen) atoms. The number of Topliss-reactive ketones (excluding diaryl/α,β-unsaturated/α-hetero) is 1. The number of aryl methyl sites for hydroxylation is 1. The average molecular weight is 349 g/mol. The summed E-state index contributed by atoms with van der Waals surface area (Å²) in [4.78, 5) is 23.3. The lowest BCUT2D eigenvalue weighted by molar-refractivity contribution is -0.118. The Morgan fingerprint density at radius 1 is 1.26 bits per heavy atom. The molecule has 0 aliphatic heterocycles. The molecule has 2 aromatic rings. The van der Waals surface area contributed by atoms with Crippen molar-refractivity contribution in [1.82, 2.24) is 15.5 Å². The Balaban J connectivity index is 1.92. The molecule has 1 aromatic heterocycles. The maximum Gasteiger partial charge on any atom is 0.216 e. The predicted octanol–water partition coefficient (Wildman–Crippen LogP) is 2.89. The molecule has 122 valence electrons. The minimum absolute atomic E-state index is 0.0328. The van der Waals surface area contributed by atoms with Gasteiger partial charge in [-0.1, -0.05) is 47.4 Å². The van der Waals surface area contributed by atoms with Crippen LogP contribution in [0.25, 0.3) is 0 Å². The van der Waals surface area contributed by atoms with E-state index in [0.29, 0.717) is 12.1 Å². The van der Waals surface area contributed by atoms with Gasteiger partial charge in [0.15, 0.2) is 10.1 Å². The van der Waals surface area contributed by atoms with E-state index in [1.54, 1.807) is 0 Å². The molecule has 1 atom stereocenters. The summed E-state index contributed by atoms with van der Waals surface area (Å²) in [7, 11) is 0. The van der Waals surface area contributed by atoms with Gasteiger partial charge < -0.3 is 5.32 Å². The van der Waals surface area contributed by atoms with Crippen molar-refractivity contribution in [3.05, 3.63) is 40.4 Å². The van der Waals surface area contributed by atoms with Crippen LogP contribution in [0, 0.1) is 6.92 Å². The van der Waals surface area contributed by atoms with E-state index < -0.39 is 0 Å². The first kappa shape index (κ1) is 17.6. The molecular weight excluding hydrogens is 330 g/mol. The van der Waals surface area contributed by atoms with Gasteiger partial charge >= 0.3 is 0 Å². The Bertz CT molecular complexity index is 683. The van der Waals surface area contributed by atoms with Crippen LogP contribution in [0.3, 0.4) is 0 Å². The zero-order chi connectivity index (χ0) is 16.8. The maximum absolute atomic E-state index is 12.4. The minimum atomic E-state index is -0.201. The summed E-state index contributed by atoms with van der Waals surface area (Å²) >= 11 is 2.93. The van der Waals surface area contributed by atoms with Crippen molar-refractivity contribution in [2.45, 2.75) is 36.8 Å². The third-order valence-electron chi connectivity index (χ3n) is 3.18. The highest BCUT2D eigenvalue weighted by Gasteiger charge is 2.18. The zero-order valence-electron chi connectivity index (χ0n) is 13.3. The van der Waals surface area contributed by atoms with Crippen molar-refractivity contribution in [3.63, 3.8) is 0 Å². The van der Waals surface area contributed by atoms with Crippen LogP contribution < -0.4 is 5.32 Å². The van der Waals surface area contributed by atoms with Crippen LogP contribution in [0.4, 0.5) is 0 Å². The van der Waals surface area contributed by atoms with E-state index in [2.05, 4.69) is 15.5 Å². The number of nitrogens with zero attached hydrogens (tertiary/aromatic N) is 2. The van der Waals surface area contributed by atoms with Crippen LogP contribution in [0.15, 0.2) is 28.6 Å². The third-order valence-corrected chi connectivity index (χ3v) is 5.20. The molecule has 0 aliphatic rings. The summed E-state index contributed by atoms with van der Waals surface area (Å²) in [6, 6.07) is 7.55. The fraction of sp³-hybridized carbons (Fsp3) is 0.375. The highest BCUT2D eigenvalue weighted by atomic mass is 32.2. The quantitative estimate of drug-likeness (QED) is 0.615. The number of carbonyl (C=O) groups is 2. The number of amides is 1. The Kier molecular flexibility index (Phi) is 6.29. The Labute approximate surface area is 143 Å². The van der Waals surface area contributed by atoms with Crippen LogP contribution >= 0.6 is 23.1 Å². The van der Waals surface area contributed by atoms with E-state index in [4.69, 9.17) is 0 Å². The lowest BCUT2D eigenvalue weighted by Gasteiger charge is -2.09. The van der Waals surface area contributed by atoms with Gasteiger partial charge in [0, 0.05) is 19.0 Å². The first-order valence-electron chi connectivity index (χ1n) is 7.30. The summed E-state index contributed by atoms with van der Waals surface area (Å²) in [6.07, 6.45) is 0.752. The lowest BCUT2D eigenvalue weighted by Crippen LogP contribution is -2.22. The zero-order valence-corrected chi connectivity index (χ0v) is 15.0. The summed E-state index contributed by atoms with van der Waals surface area (Å²) in [5, 5.41) is 11.5. The summed E-state index contributed by atoms with van der Waals surface area (Å²) in [5.41, 5.74) is 1.78. The third kappa shape index (κ3) is 5.44. The van der Waals surface area contributed by atoms with Gasteiger partial charge in [-0.2, -0.15) is 0 Å². The van der Waals surface area contributed by atoms with Crippen LogP contribution in [0.5, 0.6) is 0 Å². The van der Waals surface area contributed by atoms with E-state index >= 15 is 0 Å². The minimum Gasteiger partial charge on any atom is -0.356 e. The fourth-order valence-electron chi connectivity index (χ4n) is 1.98. The summed E-state index contributed by atoms with van der Waals surface area (Å²) in [5.74, 6) is 0.0471. The molecule has 0 radical (unpaired) electrons. The van der Waals surface area contributed by atoms with Crippen molar-refractivity contribution in [1.29, 1.82) is 0 Å². The van der Waals surface area contributed by atoms with Crippen molar-refractivity contribution < 1.29 is 9.59 Å². The molecule has 7 heteroatoms. The molecule has 0 bridgehead atoms. The average Bonchev–Trinajstić information content (AvgIpc) is 2.92. The lowest BCUT2D eigenvalue weighted by atomic mass is 10.0. The highest BCUT2D eigenvalue weighted by molar-refractivity contribution is 8.02. The molecular formula is C16H19N3O2S2. The maximum atomic E-state index is 12.4. The number of nitrogens with one attached hydrogen (secondary N) is 1. The Hall–Kier alpha value is -1.73. The second-order valence-electron chi connectivity index (χ2n) is 5.14. The largest absolute Gasteiger partial charge is 0.356 e. The van der Waals surface area contributed by atoms with Gasteiger partial charge in [0.1, 0.15) is 5.01 Å². The van der Waals surface area contributed by atoms with Gasteiger partial charge in [-0.3, -0.25) is 9.59 Å². The van der Waals surface area contributed by atoms with Gasteiger partial charge in [0.05, 0.1) is 5.25 Å². The van der Waals surface area contributed by atoms with Crippen molar-refractivity contribution in [2.75, 3.05) is 6.54 Å². The van der Waals surface area contributed by atoms with Crippen molar-refractivity contribution in [2.24, 2.45) is 0 Å². The normalized spacial score (nSPS) is 12.0. The first-order chi connectivity index (χ1) is 11.0. The van der Waals surface area contributed by atoms with E-state index in [1.807, 2.05) is 38.1 Å². The topological polar surface area (TPSA) is 72.0 Å². The SMILES string of the molecule is CC(=O)NCCc1ccc(C(=O)C(C)Sc2nnc(C)s2)cc1. The number of thioether (sulfide) groups is 1. The van der Waals surface area contributed by atoms with E-state index in [9.17, 15) is 9.59 Å². The number of hydrogen-bond donors (Lipinski definition) is 1. The molecule has 1 N–H and O–H groups in total. The second kappa shape index (κ2) is 8.21. The standard InChI is InChI=1S/C16H19N3O2S2/c1-10(22-16-19-18-12(3)23-16)15(21)14-6-4-13(5-7-14)8-9-17-11(2)20/h4-7,10H,8-9H2,1-3H3,(H,17,20). The smallest absolute Gasteiger partial charge is 0.216 e. The molecule has 0 aliphatic carbocycles. The van der Waals surface area contributed by atoms with Gasteiger partial charge in [0.25, 0.3) is 0 Å². The van der Waals surface area contributed by atoms with E-state index in [-0.39, 0.29) is 16.9 Å². The van der Waals surface area contributed by atoms with Crippen LogP contribution in [0.1, 0.15) is 34.8 Å². The number of hydrogen-bond acceptors (Lipinski definition) is 6. The van der Waals surface area contributed by atoms with Crippen LogP contribution in [-0.2, 0) is 11.2 Å². The van der Waals surface area contributed by atoms with Crippen molar-refractivity contribution >= 4 is 34.8 Å². The summed E-state index contributed by atoms with van der Waals surface area (Å²) < 4.78 is 0.815. The molecule has 1 unspecified atom stereocenters. The fourth-order valence-corrected chi connectivity index (χ4v) is 4.02. The second-order valence-corrected chi connectivity index (χ2v) is 7.91. The highest BCUT2D eigenvalue weighted by Crippen LogP contribution is 2.28. The van der Waals surface area contributed by atoms with Crippen LogP contribution in [0.2, 0.25) is 0 Å². The van der Waals surface area contributed by atoms with E-state index in [0.717, 1.165) is 21.3 Å². The van der Waals surface area contributed by atoms with Crippen LogP contribution in [-0.4, -0.2) is 33.7 Å². The molecule has 1 amide bonds. The van der Waals surface area contributed by atoms with Gasteiger partial charge in [-0.05, 0) is 25.8 Å². The van der Waals surface area contributed by atoms with E-state index in [1.165, 1.54) is 30.0 Å². The number of aromatic nitrogens is 2. The monoisotopic (exact) mass is 349 g/mol.